The maximum absolute atomic E-state index is 13.5. The van der Waals surface area contributed by atoms with E-state index in [0.29, 0.717) is 24.8 Å². The molecule has 1 aromatic carbocycles. The molecule has 0 spiro atoms. The lowest BCUT2D eigenvalue weighted by atomic mass is 9.45. The summed E-state index contributed by atoms with van der Waals surface area (Å²) in [6, 6.07) is 6.92. The number of benzene rings is 1. The van der Waals surface area contributed by atoms with Gasteiger partial charge in [0.25, 0.3) is 0 Å². The topological polar surface area (TPSA) is 177 Å². The van der Waals surface area contributed by atoms with Gasteiger partial charge in [0, 0.05) is 18.3 Å². The highest BCUT2D eigenvalue weighted by Gasteiger charge is 2.68. The minimum absolute atomic E-state index is 0.0150. The normalized spacial score (nSPS) is 34.1. The van der Waals surface area contributed by atoms with Crippen molar-refractivity contribution in [3.05, 3.63) is 47.5 Å². The zero-order chi connectivity index (χ0) is 34.1. The van der Waals surface area contributed by atoms with Crippen LogP contribution in [0.25, 0.3) is 0 Å². The van der Waals surface area contributed by atoms with Crippen molar-refractivity contribution in [3.8, 4) is 0 Å². The number of ether oxygens (including phenoxy) is 2. The van der Waals surface area contributed by atoms with Gasteiger partial charge in [0.1, 0.15) is 11.7 Å². The summed E-state index contributed by atoms with van der Waals surface area (Å²) in [7, 11) is 0. The fourth-order valence-corrected chi connectivity index (χ4v) is 9.29. The molecule has 0 unspecified atom stereocenters. The molecule has 5 rings (SSSR count). The number of nitrogens with one attached hydrogen (secondary N) is 1. The van der Waals surface area contributed by atoms with Gasteiger partial charge >= 0.3 is 11.9 Å². The number of hydrogen-bond donors (Lipinski definition) is 4. The molecule has 0 aromatic heterocycles. The Kier molecular flexibility index (Phi) is 10.1. The fourth-order valence-electron chi connectivity index (χ4n) is 9.29. The van der Waals surface area contributed by atoms with Crippen molar-refractivity contribution in [1.82, 2.24) is 5.32 Å². The number of amides is 1. The van der Waals surface area contributed by atoms with E-state index in [2.05, 4.69) is 12.2 Å². The monoisotopic (exact) mass is 653 g/mol. The minimum Gasteiger partial charge on any atom is -0.464 e. The van der Waals surface area contributed by atoms with Crippen molar-refractivity contribution >= 4 is 29.4 Å². The van der Waals surface area contributed by atoms with Gasteiger partial charge in [0.05, 0.1) is 19.1 Å². The van der Waals surface area contributed by atoms with Crippen molar-refractivity contribution in [2.75, 3.05) is 13.2 Å². The van der Waals surface area contributed by atoms with Crippen molar-refractivity contribution in [3.63, 3.8) is 0 Å². The number of aliphatic hydroxyl groups is 3. The van der Waals surface area contributed by atoms with Gasteiger partial charge < -0.3 is 30.1 Å². The zero-order valence-corrected chi connectivity index (χ0v) is 27.4. The van der Waals surface area contributed by atoms with Crippen LogP contribution < -0.4 is 5.32 Å². The molecule has 1 aromatic rings. The first-order chi connectivity index (χ1) is 22.2. The van der Waals surface area contributed by atoms with Crippen LogP contribution in [0, 0.1) is 28.6 Å². The molecule has 0 radical (unpaired) electrons. The Bertz CT molecular complexity index is 1430. The van der Waals surface area contributed by atoms with Crippen molar-refractivity contribution in [2.24, 2.45) is 28.6 Å². The third kappa shape index (κ3) is 6.41. The van der Waals surface area contributed by atoms with Gasteiger partial charge in [-0.25, -0.2) is 4.79 Å². The minimum atomic E-state index is -1.79. The van der Waals surface area contributed by atoms with Gasteiger partial charge in [0.15, 0.2) is 18.4 Å². The highest BCUT2D eigenvalue weighted by Crippen LogP contribution is 2.67. The standard InChI is InChI=1S/C36H47NO10/c1-4-46-33(44)31(32(43)21-8-6-5-7-9-21)37-28(41)12-13-29(42)47-20-27(40)36(45)17-15-25-24-11-10-22-18-23(38)14-16-34(22,2)30(24)26(39)19-35(25,36)3/h5-9,18,24-26,30-32,39,43,45H,4,10-17,19-20H2,1-3H3,(H,37,41)/t24-,25+,26-,30-,31+,32+,34-,35-,36-/m0/s1. The number of fused-ring (bicyclic) bond motifs is 5. The summed E-state index contributed by atoms with van der Waals surface area (Å²) in [5.74, 6) is -2.85. The van der Waals surface area contributed by atoms with E-state index >= 15 is 0 Å². The van der Waals surface area contributed by atoms with Crippen LogP contribution in [0.1, 0.15) is 90.2 Å². The number of rotatable bonds is 11. The molecule has 1 amide bonds. The largest absolute Gasteiger partial charge is 0.464 e. The Morgan fingerprint density at radius 3 is 2.45 bits per heavy atom. The number of Topliss-reactive ketones (excluding diaryl/α,β-unsaturated/α-hetero) is 1. The van der Waals surface area contributed by atoms with Gasteiger partial charge in [-0.05, 0) is 80.3 Å². The van der Waals surface area contributed by atoms with Gasteiger partial charge in [-0.2, -0.15) is 0 Å². The Balaban J connectivity index is 1.17. The maximum atomic E-state index is 13.5. The molecule has 4 aliphatic rings. The van der Waals surface area contributed by atoms with Gasteiger partial charge in [-0.1, -0.05) is 49.8 Å². The number of carbonyl (C=O) groups excluding carboxylic acids is 5. The molecular weight excluding hydrogens is 606 g/mol. The van der Waals surface area contributed by atoms with Crippen molar-refractivity contribution in [1.29, 1.82) is 0 Å². The van der Waals surface area contributed by atoms with Crippen LogP contribution in [0.15, 0.2) is 42.0 Å². The molecule has 9 atom stereocenters. The summed E-state index contributed by atoms with van der Waals surface area (Å²) >= 11 is 0. The molecule has 3 saturated carbocycles. The predicted octanol–water partition coefficient (Wildman–Crippen LogP) is 2.89. The van der Waals surface area contributed by atoms with Crippen LogP contribution in [-0.2, 0) is 33.4 Å². The molecule has 47 heavy (non-hydrogen) atoms. The molecule has 11 nitrogen and oxygen atoms in total. The SMILES string of the molecule is CCOC(=O)[C@H](NC(=O)CCC(=O)OCC(=O)[C@@]1(O)CC[C@@H]2[C@@H]3CCC4=CC(=O)CC[C@]4(C)[C@@H]3[C@@H](O)C[C@@]21C)[C@H](O)c1ccccc1. The Morgan fingerprint density at radius 2 is 1.74 bits per heavy atom. The molecular formula is C36H47NO10. The van der Waals surface area contributed by atoms with Crippen LogP contribution in [0.4, 0.5) is 0 Å². The number of aliphatic hydroxyl groups excluding tert-OH is 2. The first-order valence-corrected chi connectivity index (χ1v) is 16.8. The summed E-state index contributed by atoms with van der Waals surface area (Å²) in [5, 5.41) is 36.6. The number of hydrogen-bond acceptors (Lipinski definition) is 10. The first-order valence-electron chi connectivity index (χ1n) is 16.8. The molecule has 256 valence electrons. The van der Waals surface area contributed by atoms with Crippen molar-refractivity contribution < 1.29 is 48.8 Å². The summed E-state index contributed by atoms with van der Waals surface area (Å²) in [6.45, 7) is 4.97. The maximum Gasteiger partial charge on any atom is 0.331 e. The van der Waals surface area contributed by atoms with E-state index < -0.39 is 65.9 Å². The fraction of sp³-hybridized carbons (Fsp3) is 0.639. The van der Waals surface area contributed by atoms with Gasteiger partial charge in [-0.15, -0.1) is 0 Å². The molecule has 0 heterocycles. The second kappa shape index (κ2) is 13.6. The average molecular weight is 654 g/mol. The second-order valence-electron chi connectivity index (χ2n) is 14.2. The molecule has 0 aliphatic heterocycles. The molecule has 0 saturated heterocycles. The Labute approximate surface area is 275 Å². The van der Waals surface area contributed by atoms with Crippen molar-refractivity contribution in [2.45, 2.75) is 102 Å². The summed E-state index contributed by atoms with van der Waals surface area (Å²) in [5.41, 5.74) is -1.50. The van der Waals surface area contributed by atoms with E-state index in [9.17, 15) is 39.3 Å². The molecule has 4 aliphatic carbocycles. The Hall–Kier alpha value is -3.41. The quantitative estimate of drug-likeness (QED) is 0.260. The third-order valence-electron chi connectivity index (χ3n) is 11.7. The summed E-state index contributed by atoms with van der Waals surface area (Å²) in [4.78, 5) is 63.5. The number of allylic oxidation sites excluding steroid dienone is 1. The van der Waals surface area contributed by atoms with E-state index in [4.69, 9.17) is 9.47 Å². The lowest BCUT2D eigenvalue weighted by Crippen LogP contribution is -2.62. The third-order valence-corrected chi connectivity index (χ3v) is 11.7. The smallest absolute Gasteiger partial charge is 0.331 e. The summed E-state index contributed by atoms with van der Waals surface area (Å²) < 4.78 is 10.2. The van der Waals surface area contributed by atoms with E-state index in [1.54, 1.807) is 43.3 Å². The van der Waals surface area contributed by atoms with Crippen LogP contribution in [-0.4, -0.2) is 75.7 Å². The zero-order valence-electron chi connectivity index (χ0n) is 27.4. The van der Waals surface area contributed by atoms with Gasteiger partial charge in [-0.3, -0.25) is 19.2 Å². The lowest BCUT2D eigenvalue weighted by Gasteiger charge is -2.60. The molecule has 3 fully saturated rings. The van der Waals surface area contributed by atoms with E-state index in [0.717, 1.165) is 18.4 Å². The van der Waals surface area contributed by atoms with E-state index in [1.807, 2.05) is 6.92 Å². The first kappa shape index (κ1) is 34.9. The number of carbonyl (C=O) groups is 5. The predicted molar refractivity (Wildman–Crippen MR) is 168 cm³/mol. The van der Waals surface area contributed by atoms with Gasteiger partial charge in [0.2, 0.25) is 11.7 Å². The number of ketones is 2. The van der Waals surface area contributed by atoms with Crippen LogP contribution in [0.3, 0.4) is 0 Å². The van der Waals surface area contributed by atoms with Crippen LogP contribution >= 0.6 is 0 Å². The molecule has 0 bridgehead atoms. The van der Waals surface area contributed by atoms with E-state index in [-0.39, 0.29) is 54.8 Å². The summed E-state index contributed by atoms with van der Waals surface area (Å²) in [6.07, 6.45) is 2.55. The highest BCUT2D eigenvalue weighted by molar-refractivity contribution is 5.92. The number of esters is 2. The van der Waals surface area contributed by atoms with Crippen LogP contribution in [0.2, 0.25) is 0 Å². The Morgan fingerprint density at radius 1 is 1.02 bits per heavy atom. The molecule has 4 N–H and O–H groups in total. The lowest BCUT2D eigenvalue weighted by molar-refractivity contribution is -0.184. The molecule has 11 heteroatoms. The highest BCUT2D eigenvalue weighted by atomic mass is 16.5. The van der Waals surface area contributed by atoms with Crippen LogP contribution in [0.5, 0.6) is 0 Å². The average Bonchev–Trinajstić information content (AvgIpc) is 3.32. The van der Waals surface area contributed by atoms with E-state index in [1.165, 1.54) is 0 Å². The second-order valence-corrected chi connectivity index (χ2v) is 14.2.